The zero-order chi connectivity index (χ0) is 17.5. The number of rotatable bonds is 4. The number of aliphatic hydroxyl groups excluding tert-OH is 1. The number of piperidine rings is 1. The Morgan fingerprint density at radius 1 is 1.50 bits per heavy atom. The number of hydrogen-bond acceptors (Lipinski definition) is 6. The molecule has 1 aliphatic carbocycles. The summed E-state index contributed by atoms with van der Waals surface area (Å²) in [6.45, 7) is 3.49. The fourth-order valence-corrected chi connectivity index (χ4v) is 5.70. The number of carbonyl (C=O) groups excluding carboxylic acids is 1. The van der Waals surface area contributed by atoms with Crippen molar-refractivity contribution in [2.45, 2.75) is 43.3 Å². The van der Waals surface area contributed by atoms with Crippen LogP contribution in [-0.4, -0.2) is 56.2 Å². The van der Waals surface area contributed by atoms with E-state index in [1.165, 1.54) is 6.07 Å². The summed E-state index contributed by atoms with van der Waals surface area (Å²) in [6.07, 6.45) is 1.59. The number of thiophene rings is 1. The van der Waals surface area contributed by atoms with E-state index < -0.39 is 16.1 Å². The third-order valence-electron chi connectivity index (χ3n) is 5.22. The van der Waals surface area contributed by atoms with Gasteiger partial charge in [0, 0.05) is 31.5 Å². The molecule has 2 heterocycles. The minimum atomic E-state index is -3.91. The van der Waals surface area contributed by atoms with E-state index in [1.807, 2.05) is 6.92 Å². The van der Waals surface area contributed by atoms with Gasteiger partial charge in [-0.15, -0.1) is 11.3 Å². The molecule has 1 saturated carbocycles. The monoisotopic (exact) mass is 374 g/mol. The second-order valence-corrected chi connectivity index (χ2v) is 8.83. The lowest BCUT2D eigenvalue weighted by Crippen LogP contribution is -2.62. The zero-order valence-corrected chi connectivity index (χ0v) is 15.1. The molecule has 2 atom stereocenters. The van der Waals surface area contributed by atoms with E-state index in [0.717, 1.165) is 11.3 Å². The van der Waals surface area contributed by atoms with Gasteiger partial charge in [-0.05, 0) is 31.2 Å². The highest BCUT2D eigenvalue weighted by Gasteiger charge is 2.56. The van der Waals surface area contributed by atoms with E-state index in [9.17, 15) is 18.3 Å². The number of sulfonamides is 1. The van der Waals surface area contributed by atoms with Gasteiger partial charge < -0.3 is 14.7 Å². The Kier molecular flexibility index (Phi) is 4.73. The molecule has 2 fully saturated rings. The largest absolute Gasteiger partial charge is 0.392 e. The molecule has 1 aromatic rings. The Balaban J connectivity index is 1.71. The van der Waals surface area contributed by atoms with Gasteiger partial charge in [0.05, 0.1) is 12.2 Å². The van der Waals surface area contributed by atoms with Crippen LogP contribution in [0.2, 0.25) is 0 Å². The Bertz CT molecular complexity index is 720. The van der Waals surface area contributed by atoms with Gasteiger partial charge in [-0.3, -0.25) is 4.79 Å². The Labute approximate surface area is 145 Å². The quantitative estimate of drug-likeness (QED) is 0.809. The molecule has 3 N–H and O–H groups in total. The smallest absolute Gasteiger partial charge is 0.265 e. The van der Waals surface area contributed by atoms with Crippen LogP contribution in [0.1, 0.15) is 35.9 Å². The van der Waals surface area contributed by atoms with Crippen molar-refractivity contribution in [2.75, 3.05) is 19.7 Å². The third kappa shape index (κ3) is 2.88. The molecule has 1 amide bonds. The van der Waals surface area contributed by atoms with Crippen LogP contribution < -0.4 is 5.14 Å². The SMILES string of the molecule is CCO[C@@H]1C[C@H](O)C12CCN(C(=O)c1sccc1S(N)(=O)=O)CC2. The molecule has 0 aromatic carbocycles. The first-order valence-electron chi connectivity index (χ1n) is 7.99. The van der Waals surface area contributed by atoms with Crippen LogP contribution in [0, 0.1) is 5.41 Å². The van der Waals surface area contributed by atoms with Gasteiger partial charge in [0.2, 0.25) is 10.0 Å². The summed E-state index contributed by atoms with van der Waals surface area (Å²) in [4.78, 5) is 14.3. The molecule has 1 saturated heterocycles. The van der Waals surface area contributed by atoms with Gasteiger partial charge in [0.15, 0.2) is 0 Å². The van der Waals surface area contributed by atoms with Crippen LogP contribution in [0.15, 0.2) is 16.3 Å². The van der Waals surface area contributed by atoms with Gasteiger partial charge in [-0.25, -0.2) is 13.6 Å². The van der Waals surface area contributed by atoms with Crippen molar-refractivity contribution in [1.82, 2.24) is 4.90 Å². The van der Waals surface area contributed by atoms with Crippen molar-refractivity contribution in [2.24, 2.45) is 10.6 Å². The minimum Gasteiger partial charge on any atom is -0.392 e. The summed E-state index contributed by atoms with van der Waals surface area (Å²) < 4.78 is 28.9. The van der Waals surface area contributed by atoms with Gasteiger partial charge in [0.25, 0.3) is 5.91 Å². The minimum absolute atomic E-state index is 0.0384. The summed E-state index contributed by atoms with van der Waals surface area (Å²) in [5.41, 5.74) is -0.273. The fraction of sp³-hybridized carbons (Fsp3) is 0.667. The van der Waals surface area contributed by atoms with Crippen LogP contribution in [0.3, 0.4) is 0 Å². The molecular formula is C15H22N2O5S2. The second kappa shape index (κ2) is 6.38. The van der Waals surface area contributed by atoms with Crippen molar-refractivity contribution in [3.05, 3.63) is 16.3 Å². The first-order valence-corrected chi connectivity index (χ1v) is 10.4. The van der Waals surface area contributed by atoms with Gasteiger partial charge in [0.1, 0.15) is 9.77 Å². The number of carbonyl (C=O) groups is 1. The Morgan fingerprint density at radius 2 is 2.17 bits per heavy atom. The summed E-state index contributed by atoms with van der Waals surface area (Å²) in [6, 6.07) is 1.36. The van der Waals surface area contributed by atoms with Crippen LogP contribution >= 0.6 is 11.3 Å². The molecule has 9 heteroatoms. The summed E-state index contributed by atoms with van der Waals surface area (Å²) >= 11 is 1.08. The number of likely N-dealkylation sites (tertiary alicyclic amines) is 1. The molecule has 3 rings (SSSR count). The van der Waals surface area contributed by atoms with E-state index in [2.05, 4.69) is 0 Å². The normalized spacial score (nSPS) is 26.4. The maximum atomic E-state index is 12.7. The lowest BCUT2D eigenvalue weighted by atomic mass is 9.58. The molecular weight excluding hydrogens is 352 g/mol. The molecule has 7 nitrogen and oxygen atoms in total. The van der Waals surface area contributed by atoms with E-state index in [4.69, 9.17) is 9.88 Å². The van der Waals surface area contributed by atoms with Gasteiger partial charge >= 0.3 is 0 Å². The standard InChI is InChI=1S/C15H22N2O5S2/c1-2-22-12-9-11(18)15(12)4-6-17(7-5-15)14(19)13-10(3-8-23-13)24(16,20)21/h3,8,11-12,18H,2,4-7,9H2,1H3,(H2,16,20,21)/t11-,12+/m0/s1. The predicted octanol–water partition coefficient (Wildman–Crippen LogP) is 0.788. The number of nitrogens with two attached hydrogens (primary N) is 1. The van der Waals surface area contributed by atoms with Gasteiger partial charge in [-0.2, -0.15) is 0 Å². The maximum Gasteiger partial charge on any atom is 0.265 e. The fourth-order valence-electron chi connectivity index (χ4n) is 3.76. The van der Waals surface area contributed by atoms with Crippen molar-refractivity contribution < 1.29 is 23.1 Å². The Hall–Kier alpha value is -1.00. The Morgan fingerprint density at radius 3 is 2.71 bits per heavy atom. The van der Waals surface area contributed by atoms with E-state index in [-0.39, 0.29) is 27.2 Å². The zero-order valence-electron chi connectivity index (χ0n) is 13.5. The van der Waals surface area contributed by atoms with Crippen LogP contribution in [0.5, 0.6) is 0 Å². The number of nitrogens with zero attached hydrogens (tertiary/aromatic N) is 1. The van der Waals surface area contributed by atoms with Crippen molar-refractivity contribution in [1.29, 1.82) is 0 Å². The summed E-state index contributed by atoms with van der Waals surface area (Å²) in [5.74, 6) is -0.314. The number of aliphatic hydroxyl groups is 1. The summed E-state index contributed by atoms with van der Waals surface area (Å²) in [5, 5.41) is 16.9. The highest BCUT2D eigenvalue weighted by Crippen LogP contribution is 2.51. The number of primary sulfonamides is 1. The lowest BCUT2D eigenvalue weighted by molar-refractivity contribution is -0.207. The topological polar surface area (TPSA) is 110 Å². The molecule has 24 heavy (non-hydrogen) atoms. The number of hydrogen-bond donors (Lipinski definition) is 2. The van der Waals surface area contributed by atoms with E-state index in [1.54, 1.807) is 10.3 Å². The first kappa shape index (κ1) is 17.8. The van der Waals surface area contributed by atoms with Crippen molar-refractivity contribution in [3.63, 3.8) is 0 Å². The highest BCUT2D eigenvalue weighted by molar-refractivity contribution is 7.89. The van der Waals surface area contributed by atoms with Crippen LogP contribution in [-0.2, 0) is 14.8 Å². The highest BCUT2D eigenvalue weighted by atomic mass is 32.2. The predicted molar refractivity (Wildman–Crippen MR) is 89.3 cm³/mol. The number of ether oxygens (including phenoxy) is 1. The number of amides is 1. The average molecular weight is 374 g/mol. The molecule has 0 radical (unpaired) electrons. The molecule has 1 aliphatic heterocycles. The average Bonchev–Trinajstić information content (AvgIpc) is 3.04. The first-order chi connectivity index (χ1) is 11.3. The molecule has 0 bridgehead atoms. The second-order valence-electron chi connectivity index (χ2n) is 6.38. The van der Waals surface area contributed by atoms with E-state index in [0.29, 0.717) is 39.0 Å². The molecule has 1 aromatic heterocycles. The van der Waals surface area contributed by atoms with Crippen molar-refractivity contribution in [3.8, 4) is 0 Å². The lowest BCUT2D eigenvalue weighted by Gasteiger charge is -2.56. The van der Waals surface area contributed by atoms with Gasteiger partial charge in [-0.1, -0.05) is 0 Å². The third-order valence-corrected chi connectivity index (χ3v) is 7.21. The molecule has 134 valence electrons. The maximum absolute atomic E-state index is 12.7. The van der Waals surface area contributed by atoms with Crippen molar-refractivity contribution >= 4 is 27.3 Å². The van der Waals surface area contributed by atoms with Crippen LogP contribution in [0.4, 0.5) is 0 Å². The van der Waals surface area contributed by atoms with Crippen LogP contribution in [0.25, 0.3) is 0 Å². The molecule has 0 unspecified atom stereocenters. The molecule has 2 aliphatic rings. The molecule has 1 spiro atoms. The van der Waals surface area contributed by atoms with E-state index >= 15 is 0 Å². The summed E-state index contributed by atoms with van der Waals surface area (Å²) in [7, 11) is -3.91.